The van der Waals surface area contributed by atoms with Gasteiger partial charge in [0.05, 0.1) is 15.7 Å². The molecule has 0 aromatic heterocycles. The number of amides is 2. The predicted octanol–water partition coefficient (Wildman–Crippen LogP) is 1.58. The number of piperidine rings is 1. The zero-order chi connectivity index (χ0) is 14.0. The predicted molar refractivity (Wildman–Crippen MR) is 74.4 cm³/mol. The average Bonchev–Trinajstić information content (AvgIpc) is 2.38. The van der Waals surface area contributed by atoms with E-state index in [2.05, 4.69) is 10.6 Å². The number of hydrogen-bond acceptors (Lipinski definition) is 3. The molecule has 1 aliphatic heterocycles. The van der Waals surface area contributed by atoms with Gasteiger partial charge in [-0.1, -0.05) is 23.2 Å². The molecular formula is C12H13Cl2N3O2. The average molecular weight is 302 g/mol. The first kappa shape index (κ1) is 14.0. The second kappa shape index (κ2) is 5.67. The topological polar surface area (TPSA) is 84.2 Å². The fourth-order valence-corrected chi connectivity index (χ4v) is 2.33. The van der Waals surface area contributed by atoms with Crippen LogP contribution in [0.5, 0.6) is 0 Å². The van der Waals surface area contributed by atoms with Gasteiger partial charge in [0.2, 0.25) is 5.91 Å². The number of nitrogens with two attached hydrogens (primary N) is 1. The first-order valence-corrected chi connectivity index (χ1v) is 6.55. The molecule has 19 heavy (non-hydrogen) atoms. The number of hydrogen-bond donors (Lipinski definition) is 3. The molecule has 0 spiro atoms. The first-order valence-electron chi connectivity index (χ1n) is 5.79. The largest absolute Gasteiger partial charge is 0.396 e. The molecule has 0 saturated carbocycles. The number of halogens is 2. The molecule has 0 radical (unpaired) electrons. The zero-order valence-corrected chi connectivity index (χ0v) is 11.5. The van der Waals surface area contributed by atoms with E-state index >= 15 is 0 Å². The van der Waals surface area contributed by atoms with Crippen LogP contribution in [0.15, 0.2) is 12.1 Å². The highest BCUT2D eigenvalue weighted by Crippen LogP contribution is 2.28. The number of benzene rings is 1. The lowest BCUT2D eigenvalue weighted by atomic mass is 10.1. The van der Waals surface area contributed by atoms with E-state index in [-0.39, 0.29) is 33.6 Å². The van der Waals surface area contributed by atoms with E-state index in [0.717, 1.165) is 0 Å². The van der Waals surface area contributed by atoms with Crippen molar-refractivity contribution in [3.8, 4) is 0 Å². The minimum absolute atomic E-state index is 0.00377. The van der Waals surface area contributed by atoms with Gasteiger partial charge in [-0.2, -0.15) is 0 Å². The van der Waals surface area contributed by atoms with Crippen LogP contribution in [0.4, 0.5) is 5.69 Å². The van der Waals surface area contributed by atoms with Crippen molar-refractivity contribution < 1.29 is 9.59 Å². The molecule has 102 valence electrons. The van der Waals surface area contributed by atoms with Crippen LogP contribution < -0.4 is 16.4 Å². The molecule has 1 aromatic rings. The van der Waals surface area contributed by atoms with Gasteiger partial charge in [-0.15, -0.1) is 0 Å². The molecule has 1 saturated heterocycles. The Hall–Kier alpha value is -1.46. The number of carbonyl (C=O) groups is 2. The van der Waals surface area contributed by atoms with E-state index in [1.807, 2.05) is 0 Å². The second-order valence-electron chi connectivity index (χ2n) is 4.37. The van der Waals surface area contributed by atoms with Crippen molar-refractivity contribution >= 4 is 40.7 Å². The van der Waals surface area contributed by atoms with Crippen molar-refractivity contribution in [2.75, 3.05) is 12.3 Å². The van der Waals surface area contributed by atoms with E-state index in [1.54, 1.807) is 0 Å². The summed E-state index contributed by atoms with van der Waals surface area (Å²) in [5, 5.41) is 6.00. The summed E-state index contributed by atoms with van der Waals surface area (Å²) in [6, 6.07) is 2.86. The van der Waals surface area contributed by atoms with Gasteiger partial charge < -0.3 is 16.4 Å². The Morgan fingerprint density at radius 1 is 1.37 bits per heavy atom. The first-order chi connectivity index (χ1) is 8.97. The standard InChI is InChI=1S/C12H13Cl2N3O2/c13-8-3-6(4-9(14)11(8)15)12(19)17-7-1-2-10(18)16-5-7/h3-4,7H,1-2,5,15H2,(H,16,18)(H,17,19). The molecule has 1 fully saturated rings. The summed E-state index contributed by atoms with van der Waals surface area (Å²) < 4.78 is 0. The highest BCUT2D eigenvalue weighted by atomic mass is 35.5. The third-order valence-corrected chi connectivity index (χ3v) is 3.57. The van der Waals surface area contributed by atoms with E-state index in [0.29, 0.717) is 24.9 Å². The van der Waals surface area contributed by atoms with Crippen molar-refractivity contribution in [3.05, 3.63) is 27.7 Å². The summed E-state index contributed by atoms with van der Waals surface area (Å²) in [6.45, 7) is 0.432. The third-order valence-electron chi connectivity index (χ3n) is 2.94. The molecule has 1 unspecified atom stereocenters. The molecule has 1 aliphatic rings. The fraction of sp³-hybridized carbons (Fsp3) is 0.333. The van der Waals surface area contributed by atoms with Crippen LogP contribution in [-0.2, 0) is 4.79 Å². The number of anilines is 1. The van der Waals surface area contributed by atoms with Crippen LogP contribution in [-0.4, -0.2) is 24.4 Å². The Kier molecular flexibility index (Phi) is 4.17. The van der Waals surface area contributed by atoms with Crippen LogP contribution >= 0.6 is 23.2 Å². The maximum Gasteiger partial charge on any atom is 0.251 e. The normalized spacial score (nSPS) is 18.8. The van der Waals surface area contributed by atoms with Gasteiger partial charge in [0.1, 0.15) is 0 Å². The van der Waals surface area contributed by atoms with Crippen molar-refractivity contribution in [2.45, 2.75) is 18.9 Å². The molecule has 5 nitrogen and oxygen atoms in total. The van der Waals surface area contributed by atoms with Crippen molar-refractivity contribution in [1.82, 2.24) is 10.6 Å². The number of carbonyl (C=O) groups excluding carboxylic acids is 2. The number of rotatable bonds is 2. The van der Waals surface area contributed by atoms with Crippen LogP contribution in [0.1, 0.15) is 23.2 Å². The van der Waals surface area contributed by atoms with Crippen LogP contribution in [0.2, 0.25) is 10.0 Å². The molecule has 2 rings (SSSR count). The Bertz CT molecular complexity index is 501. The summed E-state index contributed by atoms with van der Waals surface area (Å²) in [7, 11) is 0. The number of nitrogens with one attached hydrogen (secondary N) is 2. The molecule has 1 atom stereocenters. The lowest BCUT2D eigenvalue weighted by molar-refractivity contribution is -0.122. The van der Waals surface area contributed by atoms with E-state index in [4.69, 9.17) is 28.9 Å². The maximum atomic E-state index is 12.0. The van der Waals surface area contributed by atoms with Crippen molar-refractivity contribution in [3.63, 3.8) is 0 Å². The Morgan fingerprint density at radius 3 is 2.53 bits per heavy atom. The monoisotopic (exact) mass is 301 g/mol. The molecule has 7 heteroatoms. The molecule has 4 N–H and O–H groups in total. The molecule has 1 aromatic carbocycles. The summed E-state index contributed by atoms with van der Waals surface area (Å²) in [6.07, 6.45) is 1.03. The van der Waals surface area contributed by atoms with Crippen molar-refractivity contribution in [1.29, 1.82) is 0 Å². The van der Waals surface area contributed by atoms with Crippen LogP contribution in [0, 0.1) is 0 Å². The summed E-state index contributed by atoms with van der Waals surface area (Å²) >= 11 is 11.8. The SMILES string of the molecule is Nc1c(Cl)cc(C(=O)NC2CCC(=O)NC2)cc1Cl. The Labute approximate surface area is 120 Å². The summed E-state index contributed by atoms with van der Waals surface area (Å²) in [5.41, 5.74) is 6.21. The molecule has 0 aliphatic carbocycles. The molecule has 1 heterocycles. The van der Waals surface area contributed by atoms with Gasteiger partial charge in [-0.05, 0) is 18.6 Å². The summed E-state index contributed by atoms with van der Waals surface area (Å²) in [4.78, 5) is 23.0. The highest BCUT2D eigenvalue weighted by Gasteiger charge is 2.20. The lowest BCUT2D eigenvalue weighted by Crippen LogP contribution is -2.47. The maximum absolute atomic E-state index is 12.0. The molecular weight excluding hydrogens is 289 g/mol. The zero-order valence-electron chi connectivity index (χ0n) is 10.0. The minimum Gasteiger partial charge on any atom is -0.396 e. The van der Waals surface area contributed by atoms with Gasteiger partial charge in [0, 0.05) is 24.6 Å². The quantitative estimate of drug-likeness (QED) is 0.725. The van der Waals surface area contributed by atoms with Crippen molar-refractivity contribution in [2.24, 2.45) is 0 Å². The smallest absolute Gasteiger partial charge is 0.251 e. The van der Waals surface area contributed by atoms with E-state index in [9.17, 15) is 9.59 Å². The van der Waals surface area contributed by atoms with Gasteiger partial charge in [0.15, 0.2) is 0 Å². The Balaban J connectivity index is 2.06. The van der Waals surface area contributed by atoms with Crippen LogP contribution in [0.3, 0.4) is 0 Å². The lowest BCUT2D eigenvalue weighted by Gasteiger charge is -2.23. The number of nitrogen functional groups attached to an aromatic ring is 1. The van der Waals surface area contributed by atoms with Gasteiger partial charge in [0.25, 0.3) is 5.91 Å². The summed E-state index contributed by atoms with van der Waals surface area (Å²) in [5.74, 6) is -0.283. The van der Waals surface area contributed by atoms with E-state index in [1.165, 1.54) is 12.1 Å². The van der Waals surface area contributed by atoms with Crippen LogP contribution in [0.25, 0.3) is 0 Å². The fourth-order valence-electron chi connectivity index (χ4n) is 1.84. The second-order valence-corrected chi connectivity index (χ2v) is 5.18. The Morgan fingerprint density at radius 2 is 2.00 bits per heavy atom. The minimum atomic E-state index is -0.287. The van der Waals surface area contributed by atoms with Gasteiger partial charge >= 0.3 is 0 Å². The molecule has 0 bridgehead atoms. The molecule has 2 amide bonds. The highest BCUT2D eigenvalue weighted by molar-refractivity contribution is 6.39. The van der Waals surface area contributed by atoms with Gasteiger partial charge in [-0.3, -0.25) is 9.59 Å². The third kappa shape index (κ3) is 3.30. The van der Waals surface area contributed by atoms with E-state index < -0.39 is 0 Å². The van der Waals surface area contributed by atoms with Gasteiger partial charge in [-0.25, -0.2) is 0 Å².